The first-order valence-electron chi connectivity index (χ1n) is 10.4. The number of benzene rings is 2. The fourth-order valence-electron chi connectivity index (χ4n) is 3.81. The number of hydrogen-bond acceptors (Lipinski definition) is 5. The zero-order chi connectivity index (χ0) is 21.8. The van der Waals surface area contributed by atoms with Crippen molar-refractivity contribution in [1.82, 2.24) is 14.3 Å². The van der Waals surface area contributed by atoms with Gasteiger partial charge in [-0.25, -0.2) is 4.98 Å². The Hall–Kier alpha value is -3.51. The molecule has 2 aromatic carbocycles. The van der Waals surface area contributed by atoms with Gasteiger partial charge in [-0.05, 0) is 42.4 Å². The van der Waals surface area contributed by atoms with Gasteiger partial charge in [0, 0.05) is 30.5 Å². The first-order valence-corrected chi connectivity index (χ1v) is 10.4. The van der Waals surface area contributed by atoms with Crippen LogP contribution in [0.15, 0.2) is 66.9 Å². The highest BCUT2D eigenvalue weighted by atomic mass is 16.5. The SMILES string of the molecule is CCN(Cc1ccccc1)Cc1c(-c2ccc(OC)c(OC)c2)nc2ccc(N)cn12. The number of imidazole rings is 1. The quantitative estimate of drug-likeness (QED) is 0.454. The summed E-state index contributed by atoms with van der Waals surface area (Å²) in [5, 5.41) is 0. The molecule has 2 N–H and O–H groups in total. The van der Waals surface area contributed by atoms with E-state index in [0.29, 0.717) is 17.2 Å². The van der Waals surface area contributed by atoms with Crippen molar-refractivity contribution in [3.63, 3.8) is 0 Å². The Kier molecular flexibility index (Phi) is 6.09. The zero-order valence-corrected chi connectivity index (χ0v) is 18.2. The Labute approximate surface area is 182 Å². The maximum Gasteiger partial charge on any atom is 0.161 e. The molecule has 6 heteroatoms. The smallest absolute Gasteiger partial charge is 0.161 e. The van der Waals surface area contributed by atoms with Crippen LogP contribution in [0.2, 0.25) is 0 Å². The van der Waals surface area contributed by atoms with Crippen LogP contribution in [0.4, 0.5) is 5.69 Å². The summed E-state index contributed by atoms with van der Waals surface area (Å²) in [5.74, 6) is 1.37. The third kappa shape index (κ3) is 4.34. The van der Waals surface area contributed by atoms with Crippen molar-refractivity contribution in [2.75, 3.05) is 26.5 Å². The lowest BCUT2D eigenvalue weighted by molar-refractivity contribution is 0.268. The molecule has 0 aliphatic carbocycles. The third-order valence-corrected chi connectivity index (χ3v) is 5.47. The van der Waals surface area contributed by atoms with Crippen molar-refractivity contribution in [2.24, 2.45) is 0 Å². The Morgan fingerprint density at radius 3 is 2.42 bits per heavy atom. The van der Waals surface area contributed by atoms with E-state index in [0.717, 1.165) is 42.2 Å². The number of pyridine rings is 1. The molecule has 0 unspecified atom stereocenters. The van der Waals surface area contributed by atoms with Crippen molar-refractivity contribution in [1.29, 1.82) is 0 Å². The van der Waals surface area contributed by atoms with Gasteiger partial charge in [0.2, 0.25) is 0 Å². The average Bonchev–Trinajstić information content (AvgIpc) is 3.16. The van der Waals surface area contributed by atoms with Gasteiger partial charge in [0.05, 0.1) is 25.6 Å². The van der Waals surface area contributed by atoms with Crippen molar-refractivity contribution in [3.05, 3.63) is 78.1 Å². The highest BCUT2D eigenvalue weighted by molar-refractivity contribution is 5.70. The van der Waals surface area contributed by atoms with E-state index in [1.807, 2.05) is 42.6 Å². The predicted octanol–water partition coefficient (Wildman–Crippen LogP) is 4.62. The molecule has 0 radical (unpaired) electrons. The Morgan fingerprint density at radius 1 is 0.935 bits per heavy atom. The zero-order valence-electron chi connectivity index (χ0n) is 18.2. The van der Waals surface area contributed by atoms with Crippen LogP contribution in [0.3, 0.4) is 0 Å². The topological polar surface area (TPSA) is 65.0 Å². The minimum absolute atomic E-state index is 0.680. The molecule has 4 aromatic rings. The number of anilines is 1. The molecule has 0 aliphatic heterocycles. The van der Waals surface area contributed by atoms with Gasteiger partial charge >= 0.3 is 0 Å². The molecule has 2 aromatic heterocycles. The van der Waals surface area contributed by atoms with Crippen LogP contribution in [-0.2, 0) is 13.1 Å². The largest absolute Gasteiger partial charge is 0.493 e. The standard InChI is InChI=1S/C25H28N4O2/c1-4-28(15-18-8-6-5-7-9-18)17-21-25(27-24-13-11-20(26)16-29(21)24)19-10-12-22(30-2)23(14-19)31-3/h5-14,16H,4,15,17,26H2,1-3H3. The van der Waals surface area contributed by atoms with E-state index in [1.165, 1.54) is 5.56 Å². The summed E-state index contributed by atoms with van der Waals surface area (Å²) in [6.07, 6.45) is 1.94. The lowest BCUT2D eigenvalue weighted by Gasteiger charge is -2.21. The molecule has 0 aliphatic rings. The maximum absolute atomic E-state index is 6.11. The maximum atomic E-state index is 6.11. The normalized spacial score (nSPS) is 11.2. The van der Waals surface area contributed by atoms with E-state index in [4.69, 9.17) is 20.2 Å². The summed E-state index contributed by atoms with van der Waals surface area (Å²) in [6, 6.07) is 20.3. The molecule has 0 fully saturated rings. The van der Waals surface area contributed by atoms with Crippen LogP contribution in [0.25, 0.3) is 16.9 Å². The van der Waals surface area contributed by atoms with Crippen molar-refractivity contribution < 1.29 is 9.47 Å². The number of ether oxygens (including phenoxy) is 2. The van der Waals surface area contributed by atoms with Crippen LogP contribution in [-0.4, -0.2) is 35.0 Å². The molecular weight excluding hydrogens is 388 g/mol. The van der Waals surface area contributed by atoms with Crippen LogP contribution in [0.5, 0.6) is 11.5 Å². The van der Waals surface area contributed by atoms with Crippen LogP contribution >= 0.6 is 0 Å². The Balaban J connectivity index is 1.78. The first kappa shape index (κ1) is 20.8. The van der Waals surface area contributed by atoms with E-state index < -0.39 is 0 Å². The van der Waals surface area contributed by atoms with E-state index in [-0.39, 0.29) is 0 Å². The minimum Gasteiger partial charge on any atom is -0.493 e. The molecule has 0 spiro atoms. The van der Waals surface area contributed by atoms with Gasteiger partial charge in [-0.1, -0.05) is 37.3 Å². The van der Waals surface area contributed by atoms with Gasteiger partial charge in [-0.2, -0.15) is 0 Å². The summed E-state index contributed by atoms with van der Waals surface area (Å²) in [7, 11) is 3.28. The molecular formula is C25H28N4O2. The molecule has 0 amide bonds. The molecule has 160 valence electrons. The fraction of sp³-hybridized carbons (Fsp3) is 0.240. The highest BCUT2D eigenvalue weighted by Crippen LogP contribution is 2.34. The average molecular weight is 417 g/mol. The number of nitrogens with two attached hydrogens (primary N) is 1. The summed E-state index contributed by atoms with van der Waals surface area (Å²) in [5.41, 5.74) is 11.9. The van der Waals surface area contributed by atoms with Gasteiger partial charge in [-0.3, -0.25) is 4.90 Å². The van der Waals surface area contributed by atoms with Gasteiger partial charge in [0.1, 0.15) is 5.65 Å². The molecule has 6 nitrogen and oxygen atoms in total. The fourth-order valence-corrected chi connectivity index (χ4v) is 3.81. The van der Waals surface area contributed by atoms with E-state index in [1.54, 1.807) is 14.2 Å². The van der Waals surface area contributed by atoms with E-state index in [2.05, 4.69) is 40.5 Å². The minimum atomic E-state index is 0.680. The van der Waals surface area contributed by atoms with Crippen LogP contribution in [0.1, 0.15) is 18.2 Å². The predicted molar refractivity (Wildman–Crippen MR) is 124 cm³/mol. The van der Waals surface area contributed by atoms with Crippen LogP contribution < -0.4 is 15.2 Å². The molecule has 0 atom stereocenters. The molecule has 0 saturated carbocycles. The summed E-state index contributed by atoms with van der Waals surface area (Å²) < 4.78 is 13.0. The second kappa shape index (κ2) is 9.10. The molecule has 0 saturated heterocycles. The summed E-state index contributed by atoms with van der Waals surface area (Å²) >= 11 is 0. The van der Waals surface area contributed by atoms with Crippen LogP contribution in [0, 0.1) is 0 Å². The second-order valence-electron chi connectivity index (χ2n) is 7.46. The summed E-state index contributed by atoms with van der Waals surface area (Å²) in [6.45, 7) is 4.68. The van der Waals surface area contributed by atoms with Gasteiger partial charge in [0.15, 0.2) is 11.5 Å². The number of rotatable bonds is 8. The monoisotopic (exact) mass is 416 g/mol. The molecule has 4 rings (SSSR count). The van der Waals surface area contributed by atoms with Crippen molar-refractivity contribution >= 4 is 11.3 Å². The lowest BCUT2D eigenvalue weighted by Crippen LogP contribution is -2.23. The van der Waals surface area contributed by atoms with Crippen molar-refractivity contribution in [3.8, 4) is 22.8 Å². The highest BCUT2D eigenvalue weighted by Gasteiger charge is 2.18. The van der Waals surface area contributed by atoms with Gasteiger partial charge in [-0.15, -0.1) is 0 Å². The molecule has 0 bridgehead atoms. The number of nitrogens with zero attached hydrogens (tertiary/aromatic N) is 3. The van der Waals surface area contributed by atoms with Gasteiger partial charge in [0.25, 0.3) is 0 Å². The first-order chi connectivity index (χ1) is 15.1. The number of methoxy groups -OCH3 is 2. The van der Waals surface area contributed by atoms with E-state index in [9.17, 15) is 0 Å². The molecule has 31 heavy (non-hydrogen) atoms. The number of fused-ring (bicyclic) bond motifs is 1. The number of hydrogen-bond donors (Lipinski definition) is 1. The number of nitrogen functional groups attached to an aromatic ring is 1. The second-order valence-corrected chi connectivity index (χ2v) is 7.46. The van der Waals surface area contributed by atoms with E-state index >= 15 is 0 Å². The number of aromatic nitrogens is 2. The third-order valence-electron chi connectivity index (χ3n) is 5.47. The Bertz CT molecular complexity index is 1170. The van der Waals surface area contributed by atoms with Crippen molar-refractivity contribution in [2.45, 2.75) is 20.0 Å². The Morgan fingerprint density at radius 2 is 1.71 bits per heavy atom. The van der Waals surface area contributed by atoms with Gasteiger partial charge < -0.3 is 19.6 Å². The molecule has 2 heterocycles. The summed E-state index contributed by atoms with van der Waals surface area (Å²) in [4.78, 5) is 7.33. The lowest BCUT2D eigenvalue weighted by atomic mass is 10.1.